The zero-order valence-corrected chi connectivity index (χ0v) is 19.7. The predicted octanol–water partition coefficient (Wildman–Crippen LogP) is 8.17. The molecule has 1 heterocycles. The smallest absolute Gasteiger partial charge is 0.192 e. The van der Waals surface area contributed by atoms with Crippen LogP contribution in [0.5, 0.6) is 0 Å². The van der Waals surface area contributed by atoms with Gasteiger partial charge >= 0.3 is 0 Å². The van der Waals surface area contributed by atoms with Crippen LogP contribution in [0, 0.1) is 5.41 Å². The van der Waals surface area contributed by atoms with Gasteiger partial charge in [-0.1, -0.05) is 77.8 Å². The minimum absolute atomic E-state index is 0.0549. The fourth-order valence-electron chi connectivity index (χ4n) is 3.85. The topological polar surface area (TPSA) is 22.1 Å². The Morgan fingerprint density at radius 3 is 2.30 bits per heavy atom. The molecular formula is C23H36ClNOSi. The summed E-state index contributed by atoms with van der Waals surface area (Å²) in [5.41, 5.74) is 2.48. The Bertz CT molecular complexity index is 728. The molecular weight excluding hydrogens is 370 g/mol. The number of halogens is 1. The van der Waals surface area contributed by atoms with E-state index in [1.165, 1.54) is 6.42 Å². The van der Waals surface area contributed by atoms with E-state index in [1.807, 2.05) is 6.07 Å². The lowest BCUT2D eigenvalue weighted by Crippen LogP contribution is -2.37. The minimum atomic E-state index is -1.75. The van der Waals surface area contributed by atoms with Crippen LogP contribution in [-0.4, -0.2) is 13.3 Å². The van der Waals surface area contributed by atoms with Crippen molar-refractivity contribution in [2.24, 2.45) is 5.41 Å². The Balaban J connectivity index is 2.44. The summed E-state index contributed by atoms with van der Waals surface area (Å²) < 4.78 is 7.00. The van der Waals surface area contributed by atoms with Crippen LogP contribution in [0.2, 0.25) is 23.2 Å². The van der Waals surface area contributed by atoms with Crippen molar-refractivity contribution in [1.82, 2.24) is 4.98 Å². The van der Waals surface area contributed by atoms with Gasteiger partial charge < -0.3 is 4.43 Å². The van der Waals surface area contributed by atoms with Crippen LogP contribution < -0.4 is 0 Å². The summed E-state index contributed by atoms with van der Waals surface area (Å²) in [5.74, 6) is 0. The molecule has 2 nitrogen and oxygen atoms in total. The molecule has 1 atom stereocenters. The molecule has 0 bridgehead atoms. The van der Waals surface area contributed by atoms with Gasteiger partial charge in [-0.05, 0) is 42.5 Å². The summed E-state index contributed by atoms with van der Waals surface area (Å²) in [6, 6.07) is 11.7. The van der Waals surface area contributed by atoms with E-state index in [0.717, 1.165) is 52.5 Å². The summed E-state index contributed by atoms with van der Waals surface area (Å²) in [7, 11) is -1.75. The van der Waals surface area contributed by atoms with E-state index in [2.05, 4.69) is 64.7 Å². The molecule has 150 valence electrons. The van der Waals surface area contributed by atoms with Gasteiger partial charge in [-0.15, -0.1) is 0 Å². The SMILES string of the molecule is CC[Si](CC)(CC)OC(CCCC(C)(C)C)c1c(Cl)cnc2ccccc12. The molecule has 0 saturated heterocycles. The van der Waals surface area contributed by atoms with Crippen LogP contribution in [0.4, 0.5) is 0 Å². The molecule has 0 aliphatic rings. The number of aromatic nitrogens is 1. The van der Waals surface area contributed by atoms with E-state index in [9.17, 15) is 0 Å². The Kier molecular flexibility index (Phi) is 7.90. The first kappa shape index (κ1) is 22.4. The summed E-state index contributed by atoms with van der Waals surface area (Å²) in [6.07, 6.45) is 5.20. The Labute approximate surface area is 171 Å². The van der Waals surface area contributed by atoms with Gasteiger partial charge in [0.2, 0.25) is 0 Å². The number of fused-ring (bicyclic) bond motifs is 1. The second kappa shape index (κ2) is 9.53. The van der Waals surface area contributed by atoms with Crippen molar-refractivity contribution in [1.29, 1.82) is 0 Å². The van der Waals surface area contributed by atoms with Crippen LogP contribution in [0.1, 0.15) is 72.5 Å². The van der Waals surface area contributed by atoms with Crippen molar-refractivity contribution in [3.63, 3.8) is 0 Å². The van der Waals surface area contributed by atoms with Gasteiger partial charge in [0.1, 0.15) is 0 Å². The Morgan fingerprint density at radius 1 is 1.07 bits per heavy atom. The van der Waals surface area contributed by atoms with Gasteiger partial charge in [0.25, 0.3) is 0 Å². The Morgan fingerprint density at radius 2 is 1.70 bits per heavy atom. The van der Waals surface area contributed by atoms with E-state index >= 15 is 0 Å². The maximum Gasteiger partial charge on any atom is 0.192 e. The lowest BCUT2D eigenvalue weighted by molar-refractivity contribution is 0.171. The molecule has 1 unspecified atom stereocenters. The third kappa shape index (κ3) is 5.79. The molecule has 0 saturated carbocycles. The van der Waals surface area contributed by atoms with E-state index < -0.39 is 8.32 Å². The summed E-state index contributed by atoms with van der Waals surface area (Å²) in [4.78, 5) is 4.52. The molecule has 2 aromatic rings. The van der Waals surface area contributed by atoms with Gasteiger partial charge in [0.15, 0.2) is 8.32 Å². The standard InChI is InChI=1S/C23H36ClNOSi/c1-7-27(8-2,9-3)26-21(15-12-16-23(4,5)6)22-18-13-10-11-14-20(18)25-17-19(22)24/h10-11,13-14,17,21H,7-9,12,15-16H2,1-6H3. The van der Waals surface area contributed by atoms with Crippen molar-refractivity contribution in [3.05, 3.63) is 41.0 Å². The molecule has 0 radical (unpaired) electrons. The van der Waals surface area contributed by atoms with Gasteiger partial charge in [-0.3, -0.25) is 4.98 Å². The van der Waals surface area contributed by atoms with E-state index in [0.29, 0.717) is 5.41 Å². The lowest BCUT2D eigenvalue weighted by atomic mass is 9.88. The monoisotopic (exact) mass is 405 g/mol. The minimum Gasteiger partial charge on any atom is -0.410 e. The van der Waals surface area contributed by atoms with Gasteiger partial charge in [-0.25, -0.2) is 0 Å². The number of para-hydroxylation sites is 1. The molecule has 0 spiro atoms. The average molecular weight is 406 g/mol. The van der Waals surface area contributed by atoms with Crippen LogP contribution in [0.3, 0.4) is 0 Å². The van der Waals surface area contributed by atoms with Gasteiger partial charge in [0, 0.05) is 17.1 Å². The molecule has 0 aliphatic heterocycles. The van der Waals surface area contributed by atoms with Crippen LogP contribution >= 0.6 is 11.6 Å². The number of benzene rings is 1. The number of hydrogen-bond donors (Lipinski definition) is 0. The molecule has 2 rings (SSSR count). The second-order valence-electron chi connectivity index (χ2n) is 8.84. The quantitative estimate of drug-likeness (QED) is 0.392. The molecule has 0 aliphatic carbocycles. The number of pyridine rings is 1. The average Bonchev–Trinajstić information content (AvgIpc) is 2.64. The fraction of sp³-hybridized carbons (Fsp3) is 0.609. The predicted molar refractivity (Wildman–Crippen MR) is 121 cm³/mol. The highest BCUT2D eigenvalue weighted by molar-refractivity contribution is 6.73. The zero-order chi connectivity index (χ0) is 20.1. The highest BCUT2D eigenvalue weighted by Crippen LogP contribution is 2.39. The third-order valence-corrected chi connectivity index (χ3v) is 10.8. The molecule has 1 aromatic carbocycles. The first-order valence-electron chi connectivity index (χ1n) is 10.5. The Hall–Kier alpha value is -0.903. The molecule has 4 heteroatoms. The highest BCUT2D eigenvalue weighted by atomic mass is 35.5. The molecule has 0 fully saturated rings. The van der Waals surface area contributed by atoms with Crippen molar-refractivity contribution < 1.29 is 4.43 Å². The first-order chi connectivity index (χ1) is 12.7. The van der Waals surface area contributed by atoms with Crippen LogP contribution in [-0.2, 0) is 4.43 Å². The summed E-state index contributed by atoms with van der Waals surface area (Å²) in [5, 5.41) is 1.87. The number of nitrogens with zero attached hydrogens (tertiary/aromatic N) is 1. The van der Waals surface area contributed by atoms with E-state index in [4.69, 9.17) is 16.0 Å². The van der Waals surface area contributed by atoms with Gasteiger partial charge in [0.05, 0.1) is 16.6 Å². The molecule has 0 N–H and O–H groups in total. The van der Waals surface area contributed by atoms with Gasteiger partial charge in [-0.2, -0.15) is 0 Å². The van der Waals surface area contributed by atoms with Crippen LogP contribution in [0.15, 0.2) is 30.5 Å². The summed E-state index contributed by atoms with van der Waals surface area (Å²) in [6.45, 7) is 13.8. The largest absolute Gasteiger partial charge is 0.410 e. The van der Waals surface area contributed by atoms with Crippen molar-refractivity contribution >= 4 is 30.8 Å². The lowest BCUT2D eigenvalue weighted by Gasteiger charge is -2.34. The summed E-state index contributed by atoms with van der Waals surface area (Å²) >= 11 is 6.70. The van der Waals surface area contributed by atoms with Crippen molar-refractivity contribution in [3.8, 4) is 0 Å². The second-order valence-corrected chi connectivity index (χ2v) is 14.0. The molecule has 27 heavy (non-hydrogen) atoms. The maximum atomic E-state index is 7.00. The number of rotatable bonds is 9. The molecule has 0 amide bonds. The van der Waals surface area contributed by atoms with Crippen LogP contribution in [0.25, 0.3) is 10.9 Å². The number of hydrogen-bond acceptors (Lipinski definition) is 2. The first-order valence-corrected chi connectivity index (χ1v) is 13.4. The van der Waals surface area contributed by atoms with Crippen molar-refractivity contribution in [2.45, 2.75) is 85.0 Å². The maximum absolute atomic E-state index is 7.00. The fourth-order valence-corrected chi connectivity index (χ4v) is 6.96. The third-order valence-electron chi connectivity index (χ3n) is 5.81. The molecule has 1 aromatic heterocycles. The highest BCUT2D eigenvalue weighted by Gasteiger charge is 2.34. The van der Waals surface area contributed by atoms with E-state index in [-0.39, 0.29) is 6.10 Å². The normalized spacial score (nSPS) is 13.9. The zero-order valence-electron chi connectivity index (χ0n) is 17.9. The van der Waals surface area contributed by atoms with Crippen molar-refractivity contribution in [2.75, 3.05) is 0 Å². The van der Waals surface area contributed by atoms with E-state index in [1.54, 1.807) is 6.20 Å².